The lowest BCUT2D eigenvalue weighted by Gasteiger charge is -2.19. The first kappa shape index (κ1) is 16.7. The van der Waals surface area contributed by atoms with E-state index in [0.717, 1.165) is 11.3 Å². The van der Waals surface area contributed by atoms with Gasteiger partial charge in [-0.1, -0.05) is 43.2 Å². The molecule has 0 radical (unpaired) electrons. The van der Waals surface area contributed by atoms with Crippen molar-refractivity contribution in [2.24, 2.45) is 5.92 Å². The van der Waals surface area contributed by atoms with Crippen LogP contribution in [-0.2, 0) is 4.79 Å². The van der Waals surface area contributed by atoms with Gasteiger partial charge in [-0.05, 0) is 25.0 Å². The Morgan fingerprint density at radius 3 is 2.52 bits per heavy atom. The van der Waals surface area contributed by atoms with Gasteiger partial charge in [-0.15, -0.1) is 5.10 Å². The molecule has 7 nitrogen and oxygen atoms in total. The largest absolute Gasteiger partial charge is 0.480 e. The molecule has 0 saturated carbocycles. The molecular weight excluding hydrogens is 296 g/mol. The van der Waals surface area contributed by atoms with Crippen LogP contribution < -0.4 is 5.32 Å². The average Bonchev–Trinajstić information content (AvgIpc) is 3.02. The maximum Gasteiger partial charge on any atom is 0.326 e. The Labute approximate surface area is 134 Å². The molecule has 122 valence electrons. The van der Waals surface area contributed by atoms with Gasteiger partial charge >= 0.3 is 5.97 Å². The average molecular weight is 316 g/mol. The number of carbonyl (C=O) groups is 2. The van der Waals surface area contributed by atoms with Crippen molar-refractivity contribution in [1.82, 2.24) is 20.3 Å². The summed E-state index contributed by atoms with van der Waals surface area (Å²) < 4.78 is 1.48. The molecular formula is C16H20N4O3. The first-order valence-electron chi connectivity index (χ1n) is 7.45. The number of carboxylic acid groups (broad SMARTS) is 1. The van der Waals surface area contributed by atoms with Crippen molar-refractivity contribution in [3.05, 3.63) is 41.7 Å². The number of aromatic nitrogens is 3. The number of nitrogens with zero attached hydrogens (tertiary/aromatic N) is 3. The zero-order chi connectivity index (χ0) is 17.0. The lowest BCUT2D eigenvalue weighted by molar-refractivity contribution is -0.140. The third kappa shape index (κ3) is 3.94. The number of rotatable bonds is 6. The van der Waals surface area contributed by atoms with E-state index >= 15 is 0 Å². The van der Waals surface area contributed by atoms with Gasteiger partial charge in [0.25, 0.3) is 5.91 Å². The van der Waals surface area contributed by atoms with Crippen LogP contribution in [0.2, 0.25) is 0 Å². The highest BCUT2D eigenvalue weighted by atomic mass is 16.4. The van der Waals surface area contributed by atoms with Gasteiger partial charge in [-0.3, -0.25) is 4.79 Å². The second-order valence-corrected chi connectivity index (χ2v) is 5.56. The summed E-state index contributed by atoms with van der Waals surface area (Å²) in [5.74, 6) is -1.78. The van der Waals surface area contributed by atoms with E-state index < -0.39 is 17.9 Å². The SMILES string of the molecule is CC[C@H](C)[C@H](NC(=O)c1cn(-c2ccc(C)cc2)nn1)C(=O)O. The molecule has 0 aliphatic carbocycles. The molecule has 2 aromatic rings. The second kappa shape index (κ2) is 7.04. The summed E-state index contributed by atoms with van der Waals surface area (Å²) >= 11 is 0. The predicted molar refractivity (Wildman–Crippen MR) is 84.4 cm³/mol. The van der Waals surface area contributed by atoms with Crippen molar-refractivity contribution in [3.63, 3.8) is 0 Å². The monoisotopic (exact) mass is 316 g/mol. The Morgan fingerprint density at radius 2 is 1.96 bits per heavy atom. The number of nitrogens with one attached hydrogen (secondary N) is 1. The summed E-state index contributed by atoms with van der Waals surface area (Å²) in [5.41, 5.74) is 1.98. The molecule has 1 aromatic heterocycles. The summed E-state index contributed by atoms with van der Waals surface area (Å²) in [6, 6.07) is 6.65. The minimum absolute atomic E-state index is 0.0835. The number of aryl methyl sites for hydroxylation is 1. The van der Waals surface area contributed by atoms with Crippen LogP contribution in [0.15, 0.2) is 30.5 Å². The van der Waals surface area contributed by atoms with Crippen LogP contribution in [0.4, 0.5) is 0 Å². The minimum Gasteiger partial charge on any atom is -0.480 e. The van der Waals surface area contributed by atoms with Crippen LogP contribution in [-0.4, -0.2) is 38.0 Å². The van der Waals surface area contributed by atoms with Crippen molar-refractivity contribution in [1.29, 1.82) is 0 Å². The summed E-state index contributed by atoms with van der Waals surface area (Å²) in [6.45, 7) is 5.63. The topological polar surface area (TPSA) is 97.1 Å². The van der Waals surface area contributed by atoms with Gasteiger partial charge < -0.3 is 10.4 Å². The standard InChI is InChI=1S/C16H20N4O3/c1-4-11(3)14(16(22)23)17-15(21)13-9-20(19-18-13)12-7-5-10(2)6-8-12/h5-9,11,14H,4H2,1-3H3,(H,17,21)(H,22,23)/t11-,14-/m0/s1. The Balaban J connectivity index is 2.14. The van der Waals surface area contributed by atoms with Crippen LogP contribution in [0.1, 0.15) is 36.3 Å². The molecule has 2 N–H and O–H groups in total. The van der Waals surface area contributed by atoms with E-state index in [0.29, 0.717) is 6.42 Å². The first-order valence-corrected chi connectivity index (χ1v) is 7.45. The fourth-order valence-electron chi connectivity index (χ4n) is 2.09. The zero-order valence-corrected chi connectivity index (χ0v) is 13.4. The van der Waals surface area contributed by atoms with E-state index in [2.05, 4.69) is 15.6 Å². The number of hydrogen-bond acceptors (Lipinski definition) is 4. The number of aliphatic carboxylic acids is 1. The van der Waals surface area contributed by atoms with Crippen molar-refractivity contribution in [2.45, 2.75) is 33.2 Å². The van der Waals surface area contributed by atoms with E-state index in [1.54, 1.807) is 6.92 Å². The molecule has 0 aliphatic rings. The van der Waals surface area contributed by atoms with Crippen molar-refractivity contribution in [2.75, 3.05) is 0 Å². The molecule has 7 heteroatoms. The van der Waals surface area contributed by atoms with Crippen LogP contribution in [0.25, 0.3) is 5.69 Å². The zero-order valence-electron chi connectivity index (χ0n) is 13.4. The third-order valence-corrected chi connectivity index (χ3v) is 3.79. The molecule has 1 amide bonds. The van der Waals surface area contributed by atoms with E-state index in [4.69, 9.17) is 0 Å². The van der Waals surface area contributed by atoms with E-state index in [-0.39, 0.29) is 11.6 Å². The van der Waals surface area contributed by atoms with Crippen molar-refractivity contribution < 1.29 is 14.7 Å². The highest BCUT2D eigenvalue weighted by molar-refractivity contribution is 5.94. The Hall–Kier alpha value is -2.70. The number of hydrogen-bond donors (Lipinski definition) is 2. The highest BCUT2D eigenvalue weighted by Crippen LogP contribution is 2.11. The Bertz CT molecular complexity index is 694. The molecule has 1 aromatic carbocycles. The van der Waals surface area contributed by atoms with Gasteiger partial charge in [0.2, 0.25) is 0 Å². The van der Waals surface area contributed by atoms with E-state index in [9.17, 15) is 14.7 Å². The first-order chi connectivity index (χ1) is 10.9. The summed E-state index contributed by atoms with van der Waals surface area (Å²) in [4.78, 5) is 23.5. The fourth-order valence-corrected chi connectivity index (χ4v) is 2.09. The highest BCUT2D eigenvalue weighted by Gasteiger charge is 2.26. The molecule has 0 fully saturated rings. The molecule has 0 saturated heterocycles. The number of carbonyl (C=O) groups excluding carboxylic acids is 1. The number of carboxylic acids is 1. The van der Waals surface area contributed by atoms with Crippen LogP contribution in [0, 0.1) is 12.8 Å². The van der Waals surface area contributed by atoms with Crippen molar-refractivity contribution in [3.8, 4) is 5.69 Å². The number of amides is 1. The van der Waals surface area contributed by atoms with Gasteiger partial charge in [-0.2, -0.15) is 0 Å². The molecule has 0 bridgehead atoms. The summed E-state index contributed by atoms with van der Waals surface area (Å²) in [5, 5.41) is 19.5. The van der Waals surface area contributed by atoms with Gasteiger partial charge in [0.15, 0.2) is 5.69 Å². The smallest absolute Gasteiger partial charge is 0.326 e. The molecule has 23 heavy (non-hydrogen) atoms. The van der Waals surface area contributed by atoms with Gasteiger partial charge in [-0.25, -0.2) is 9.48 Å². The van der Waals surface area contributed by atoms with Gasteiger partial charge in [0.1, 0.15) is 6.04 Å². The fraction of sp³-hybridized carbons (Fsp3) is 0.375. The molecule has 0 unspecified atom stereocenters. The van der Waals surface area contributed by atoms with E-state index in [1.165, 1.54) is 10.9 Å². The molecule has 1 heterocycles. The predicted octanol–water partition coefficient (Wildman–Crippen LogP) is 1.80. The Morgan fingerprint density at radius 1 is 1.30 bits per heavy atom. The quantitative estimate of drug-likeness (QED) is 0.847. The summed E-state index contributed by atoms with van der Waals surface area (Å²) in [7, 11) is 0. The normalized spacial score (nSPS) is 13.3. The van der Waals surface area contributed by atoms with Gasteiger partial charge in [0, 0.05) is 0 Å². The second-order valence-electron chi connectivity index (χ2n) is 5.56. The molecule has 2 atom stereocenters. The van der Waals surface area contributed by atoms with E-state index in [1.807, 2.05) is 38.1 Å². The van der Waals surface area contributed by atoms with Crippen LogP contribution >= 0.6 is 0 Å². The third-order valence-electron chi connectivity index (χ3n) is 3.79. The lowest BCUT2D eigenvalue weighted by atomic mass is 9.99. The molecule has 0 spiro atoms. The lowest BCUT2D eigenvalue weighted by Crippen LogP contribution is -2.45. The Kier molecular flexibility index (Phi) is 5.10. The minimum atomic E-state index is -1.06. The number of benzene rings is 1. The molecule has 2 rings (SSSR count). The molecule has 0 aliphatic heterocycles. The maximum atomic E-state index is 12.2. The van der Waals surface area contributed by atoms with Crippen LogP contribution in [0.3, 0.4) is 0 Å². The van der Waals surface area contributed by atoms with Crippen molar-refractivity contribution >= 4 is 11.9 Å². The summed E-state index contributed by atoms with van der Waals surface area (Å²) in [6.07, 6.45) is 2.13. The van der Waals surface area contributed by atoms with Crippen LogP contribution in [0.5, 0.6) is 0 Å². The van der Waals surface area contributed by atoms with Gasteiger partial charge in [0.05, 0.1) is 11.9 Å². The maximum absolute atomic E-state index is 12.2.